The first-order valence-corrected chi connectivity index (χ1v) is 16.0. The number of thiazole rings is 1. The Bertz CT molecular complexity index is 1850. The lowest BCUT2D eigenvalue weighted by atomic mass is 9.84. The van der Waals surface area contributed by atoms with Crippen LogP contribution in [0.1, 0.15) is 19.5 Å². The first kappa shape index (κ1) is 36.1. The number of carboxylic acids is 1. The molecule has 0 saturated carbocycles. The molecule has 1 fully saturated rings. The Labute approximate surface area is 276 Å². The van der Waals surface area contributed by atoms with E-state index in [1.807, 2.05) is 0 Å². The summed E-state index contributed by atoms with van der Waals surface area (Å²) in [5, 5.41) is 27.2. The van der Waals surface area contributed by atoms with E-state index in [9.17, 15) is 33.0 Å². The molecule has 1 aliphatic heterocycles. The van der Waals surface area contributed by atoms with Gasteiger partial charge in [0.1, 0.15) is 36.5 Å². The largest absolute Gasteiger partial charge is 0.489 e. The number of nitrogens with one attached hydrogen (secondary N) is 1. The Morgan fingerprint density at radius 3 is 2.60 bits per heavy atom. The number of hydrogen-bond acceptors (Lipinski definition) is 14. The summed E-state index contributed by atoms with van der Waals surface area (Å²) in [6.07, 6.45) is 0.646. The van der Waals surface area contributed by atoms with Crippen LogP contribution in [0.15, 0.2) is 41.1 Å². The lowest BCUT2D eigenvalue weighted by Crippen LogP contribution is -2.76. The number of nitrogen functional groups attached to an aromatic ring is 1. The van der Waals surface area contributed by atoms with Gasteiger partial charge in [0, 0.05) is 23.6 Å². The Hall–Kier alpha value is -4.74. The van der Waals surface area contributed by atoms with Crippen molar-refractivity contribution in [2.24, 2.45) is 17.9 Å². The maximum atomic E-state index is 15.1. The van der Waals surface area contributed by atoms with Crippen molar-refractivity contribution in [3.63, 3.8) is 0 Å². The van der Waals surface area contributed by atoms with Crippen LogP contribution in [0, 0.1) is 5.82 Å². The van der Waals surface area contributed by atoms with Gasteiger partial charge in [-0.2, -0.15) is 18.2 Å². The van der Waals surface area contributed by atoms with Gasteiger partial charge in [0.15, 0.2) is 17.9 Å². The van der Waals surface area contributed by atoms with Crippen molar-refractivity contribution in [3.8, 4) is 16.9 Å². The van der Waals surface area contributed by atoms with Crippen LogP contribution in [0.4, 0.5) is 9.52 Å². The van der Waals surface area contributed by atoms with Gasteiger partial charge in [0.05, 0.1) is 23.4 Å². The Morgan fingerprint density at radius 1 is 1.33 bits per heavy atom. The van der Waals surface area contributed by atoms with Crippen molar-refractivity contribution in [3.05, 3.63) is 47.5 Å². The molecule has 3 aromatic rings. The van der Waals surface area contributed by atoms with Gasteiger partial charge in [-0.3, -0.25) is 14.1 Å². The molecule has 8 N–H and O–H groups in total. The van der Waals surface area contributed by atoms with E-state index in [2.05, 4.69) is 19.7 Å². The van der Waals surface area contributed by atoms with E-state index in [4.69, 9.17) is 25.6 Å². The third-order valence-corrected chi connectivity index (χ3v) is 8.00. The highest BCUT2D eigenvalue weighted by molar-refractivity contribution is 7.80. The molecule has 3 atom stereocenters. The number of β-lactam (4-membered cyclic amide) rings is 1. The minimum absolute atomic E-state index is 0.0142. The number of carbonyl (C=O) groups is 3. The Balaban J connectivity index is 1.47. The normalized spacial score (nSPS) is 17.4. The van der Waals surface area contributed by atoms with Crippen molar-refractivity contribution in [1.29, 1.82) is 0 Å². The van der Waals surface area contributed by atoms with Crippen LogP contribution in [-0.2, 0) is 47.5 Å². The smallest absolute Gasteiger partial charge is 0.418 e. The van der Waals surface area contributed by atoms with Crippen molar-refractivity contribution < 1.29 is 60.5 Å². The van der Waals surface area contributed by atoms with Gasteiger partial charge < -0.3 is 36.6 Å². The molecule has 0 aliphatic carbocycles. The molecule has 1 saturated heterocycles. The highest BCUT2D eigenvalue weighted by Crippen LogP contribution is 2.33. The fourth-order valence-corrected chi connectivity index (χ4v) is 5.45. The van der Waals surface area contributed by atoms with E-state index >= 15 is 4.39 Å². The highest BCUT2D eigenvalue weighted by Gasteiger charge is 2.58. The minimum atomic E-state index is -5.05. The van der Waals surface area contributed by atoms with Gasteiger partial charge in [-0.15, -0.1) is 20.3 Å². The summed E-state index contributed by atoms with van der Waals surface area (Å²) < 4.78 is 59.2. The molecule has 0 bridgehead atoms. The van der Waals surface area contributed by atoms with E-state index in [0.717, 1.165) is 17.4 Å². The average Bonchev–Trinajstić information content (AvgIpc) is 3.59. The number of benzene rings is 1. The number of oxime groups is 1. The van der Waals surface area contributed by atoms with E-state index in [1.165, 1.54) is 31.4 Å². The number of anilines is 1. The number of rotatable bonds is 15. The summed E-state index contributed by atoms with van der Waals surface area (Å²) >= 11 is 0.916. The number of aliphatic hydroxyl groups excluding tert-OH is 1. The number of hydroxylamine groups is 2. The first-order valence-electron chi connectivity index (χ1n) is 13.8. The molecule has 0 radical (unpaired) electrons. The number of carboxylic acid groups (broad SMARTS) is 1. The Kier molecular flexibility index (Phi) is 10.7. The van der Waals surface area contributed by atoms with Crippen LogP contribution in [-0.4, -0.2) is 98.3 Å². The molecule has 22 heteroatoms. The molecular weight excluding hydrogens is 683 g/mol. The lowest BCUT2D eigenvalue weighted by molar-refractivity contribution is -0.754. The van der Waals surface area contributed by atoms with Gasteiger partial charge in [0.25, 0.3) is 17.9 Å². The van der Waals surface area contributed by atoms with Crippen LogP contribution in [0.3, 0.4) is 0 Å². The molecule has 1 aromatic carbocycles. The minimum Gasteiger partial charge on any atom is -0.489 e. The highest BCUT2D eigenvalue weighted by atomic mass is 32.3. The maximum absolute atomic E-state index is 15.1. The molecule has 3 heterocycles. The second-order valence-corrected chi connectivity index (χ2v) is 12.8. The van der Waals surface area contributed by atoms with Gasteiger partial charge in [0.2, 0.25) is 6.20 Å². The summed E-state index contributed by atoms with van der Waals surface area (Å²) in [6, 6.07) is 2.48. The van der Waals surface area contributed by atoms with Crippen LogP contribution in [0.5, 0.6) is 5.75 Å². The van der Waals surface area contributed by atoms with Gasteiger partial charge >= 0.3 is 16.4 Å². The molecule has 1 aliphatic rings. The zero-order chi connectivity index (χ0) is 35.6. The standard InChI is InChI=1S/C26H31FN8O11S2/c1-26(2)21(23(38)35(26)46-48(41,42)43)31-22(37)20(18-12-47-25(29)30-18)32-45-19(24(39)40)11-44-15-4-5-16(17(27)6-15)13-8-33(3)34(9-13)10-14(36)7-28/h4-6,8-9,12,14,19,21,36H,7,10-11,28H2,1-3H3,(H4-,29,30,31,37,39,40,41,42,43)/p+1/b32-20-/t14?,19-,21+/m0/s1. The van der Waals surface area contributed by atoms with E-state index < -0.39 is 70.1 Å². The monoisotopic (exact) mass is 715 g/mol. The maximum Gasteiger partial charge on any atom is 0.418 e. The molecule has 1 unspecified atom stereocenters. The number of aryl methyl sites for hydroxylation is 1. The topological polar surface area (TPSA) is 275 Å². The SMILES string of the molecule is C[n+]1cc(-c2ccc(OC[C@H](O/N=C(\C(=O)N[C@@H]3C(=O)N(OS(=O)(=O)O)C3(C)C)c3csc(N)n3)C(=O)O)cc2F)cn1CC(O)CN. The fraction of sp³-hybridized carbons (Fsp3) is 0.385. The number of carbonyl (C=O) groups excluding carboxylic acids is 2. The third kappa shape index (κ3) is 8.21. The second kappa shape index (κ2) is 14.2. The average molecular weight is 716 g/mol. The zero-order valence-electron chi connectivity index (χ0n) is 25.5. The van der Waals surface area contributed by atoms with E-state index in [0.29, 0.717) is 10.6 Å². The molecular formula is C26H32FN8O11S2+. The molecule has 2 aromatic heterocycles. The molecule has 4 rings (SSSR count). The van der Waals surface area contributed by atoms with Gasteiger partial charge in [-0.05, 0) is 26.0 Å². The molecule has 48 heavy (non-hydrogen) atoms. The molecule has 2 amide bonds. The number of halogens is 1. The molecule has 19 nitrogen and oxygen atoms in total. The number of nitrogens with two attached hydrogens (primary N) is 2. The number of hydrogen-bond donors (Lipinski definition) is 6. The number of amides is 2. The third-order valence-electron chi connectivity index (χ3n) is 6.99. The lowest BCUT2D eigenvalue weighted by Gasteiger charge is -2.50. The number of nitrogens with zero attached hydrogens (tertiary/aromatic N) is 5. The summed E-state index contributed by atoms with van der Waals surface area (Å²) in [5.74, 6) is -4.42. The molecule has 0 spiro atoms. The molecule has 260 valence electrons. The fourth-order valence-electron chi connectivity index (χ4n) is 4.45. The summed E-state index contributed by atoms with van der Waals surface area (Å²) in [5.41, 5.74) is 9.62. The predicted octanol–water partition coefficient (Wildman–Crippen LogP) is -1.43. The summed E-state index contributed by atoms with van der Waals surface area (Å²) in [7, 11) is -3.34. The predicted molar refractivity (Wildman–Crippen MR) is 163 cm³/mol. The number of ether oxygens (including phenoxy) is 1. The van der Waals surface area contributed by atoms with Crippen LogP contribution in [0.2, 0.25) is 0 Å². The van der Waals surface area contributed by atoms with Crippen molar-refractivity contribution >= 4 is 50.4 Å². The first-order chi connectivity index (χ1) is 22.4. The van der Waals surface area contributed by atoms with Crippen LogP contribution in [0.25, 0.3) is 11.1 Å². The van der Waals surface area contributed by atoms with Crippen molar-refractivity contribution in [2.75, 3.05) is 18.9 Å². The number of aliphatic hydroxyl groups is 1. The summed E-state index contributed by atoms with van der Waals surface area (Å²) in [6.45, 7) is 2.21. The number of aliphatic carboxylic acids is 1. The Morgan fingerprint density at radius 2 is 2.04 bits per heavy atom. The van der Waals surface area contributed by atoms with Gasteiger partial charge in [-0.1, -0.05) is 5.16 Å². The quantitative estimate of drug-likeness (QED) is 0.0346. The van der Waals surface area contributed by atoms with Crippen molar-refractivity contribution in [1.82, 2.24) is 20.0 Å². The second-order valence-electron chi connectivity index (χ2n) is 10.9. The van der Waals surface area contributed by atoms with Crippen LogP contribution >= 0.6 is 11.3 Å². The van der Waals surface area contributed by atoms with Gasteiger partial charge in [-0.25, -0.2) is 14.2 Å². The van der Waals surface area contributed by atoms with E-state index in [-0.39, 0.29) is 35.2 Å². The number of aromatic nitrogens is 3. The van der Waals surface area contributed by atoms with E-state index in [1.54, 1.807) is 28.8 Å². The van der Waals surface area contributed by atoms with Crippen LogP contribution < -0.4 is 26.2 Å². The zero-order valence-corrected chi connectivity index (χ0v) is 27.1. The van der Waals surface area contributed by atoms with Crippen molar-refractivity contribution in [2.45, 2.75) is 44.2 Å². The summed E-state index contributed by atoms with van der Waals surface area (Å²) in [4.78, 5) is 46.7.